The number of cyclic esters (lactones) is 1. The minimum Gasteiger partial charge on any atom is -0.447 e. The SMILES string of the molecule is CC1CCC(Nc2cccc(N3CCOC3=O)c2)CC1C. The third-order valence-electron chi connectivity index (χ3n) is 4.89. The van der Waals surface area contributed by atoms with E-state index >= 15 is 0 Å². The maximum absolute atomic E-state index is 11.6. The molecule has 3 unspecified atom stereocenters. The first-order valence-electron chi connectivity index (χ1n) is 7.94. The van der Waals surface area contributed by atoms with Gasteiger partial charge in [-0.1, -0.05) is 19.9 Å². The highest BCUT2D eigenvalue weighted by molar-refractivity contribution is 5.89. The number of carbonyl (C=O) groups is 1. The molecule has 1 saturated heterocycles. The zero-order chi connectivity index (χ0) is 14.8. The highest BCUT2D eigenvalue weighted by atomic mass is 16.6. The fourth-order valence-electron chi connectivity index (χ4n) is 3.31. The summed E-state index contributed by atoms with van der Waals surface area (Å²) < 4.78 is 5.00. The lowest BCUT2D eigenvalue weighted by molar-refractivity contribution is 0.181. The maximum atomic E-state index is 11.6. The zero-order valence-electron chi connectivity index (χ0n) is 12.8. The number of hydrogen-bond acceptors (Lipinski definition) is 3. The molecule has 3 atom stereocenters. The molecule has 114 valence electrons. The van der Waals surface area contributed by atoms with Crippen LogP contribution in [-0.2, 0) is 4.74 Å². The summed E-state index contributed by atoms with van der Waals surface area (Å²) >= 11 is 0. The van der Waals surface area contributed by atoms with E-state index in [0.717, 1.165) is 23.2 Å². The topological polar surface area (TPSA) is 41.6 Å². The van der Waals surface area contributed by atoms with Crippen LogP contribution in [0.2, 0.25) is 0 Å². The first-order chi connectivity index (χ1) is 10.1. The molecule has 0 aromatic heterocycles. The van der Waals surface area contributed by atoms with Crippen molar-refractivity contribution in [1.82, 2.24) is 0 Å². The number of hydrogen-bond donors (Lipinski definition) is 1. The van der Waals surface area contributed by atoms with Crippen molar-refractivity contribution in [1.29, 1.82) is 0 Å². The Balaban J connectivity index is 1.67. The Labute approximate surface area is 126 Å². The third kappa shape index (κ3) is 3.14. The van der Waals surface area contributed by atoms with Crippen LogP contribution in [0.3, 0.4) is 0 Å². The van der Waals surface area contributed by atoms with Gasteiger partial charge in [0.05, 0.1) is 6.54 Å². The molecule has 1 saturated carbocycles. The molecule has 4 nitrogen and oxygen atoms in total. The van der Waals surface area contributed by atoms with Gasteiger partial charge in [0.25, 0.3) is 0 Å². The Morgan fingerprint density at radius 2 is 2.10 bits per heavy atom. The molecule has 21 heavy (non-hydrogen) atoms. The van der Waals surface area contributed by atoms with Crippen molar-refractivity contribution in [2.24, 2.45) is 11.8 Å². The van der Waals surface area contributed by atoms with Gasteiger partial charge >= 0.3 is 6.09 Å². The van der Waals surface area contributed by atoms with Crippen LogP contribution in [-0.4, -0.2) is 25.3 Å². The van der Waals surface area contributed by atoms with Gasteiger partial charge in [0.1, 0.15) is 6.61 Å². The van der Waals surface area contributed by atoms with Crippen molar-refractivity contribution in [2.75, 3.05) is 23.4 Å². The standard InChI is InChI=1S/C17H24N2O2/c1-12-6-7-15(10-13(12)2)18-14-4-3-5-16(11-14)19-8-9-21-17(19)20/h3-5,11-13,15,18H,6-10H2,1-2H3. The smallest absolute Gasteiger partial charge is 0.414 e. The number of amides is 1. The van der Waals surface area contributed by atoms with E-state index in [1.54, 1.807) is 4.90 Å². The molecule has 1 aromatic carbocycles. The summed E-state index contributed by atoms with van der Waals surface area (Å²) in [5, 5.41) is 3.63. The van der Waals surface area contributed by atoms with Crippen molar-refractivity contribution in [3.8, 4) is 0 Å². The van der Waals surface area contributed by atoms with Crippen LogP contribution in [0.15, 0.2) is 24.3 Å². The fourth-order valence-corrected chi connectivity index (χ4v) is 3.31. The second-order valence-corrected chi connectivity index (χ2v) is 6.43. The van der Waals surface area contributed by atoms with Gasteiger partial charge in [0.15, 0.2) is 0 Å². The molecule has 0 bridgehead atoms. The number of nitrogens with zero attached hydrogens (tertiary/aromatic N) is 1. The van der Waals surface area contributed by atoms with Crippen LogP contribution in [0.4, 0.5) is 16.2 Å². The lowest BCUT2D eigenvalue weighted by Gasteiger charge is -2.33. The van der Waals surface area contributed by atoms with Gasteiger partial charge in [0.2, 0.25) is 0 Å². The van der Waals surface area contributed by atoms with Gasteiger partial charge in [-0.05, 0) is 49.3 Å². The highest BCUT2D eigenvalue weighted by Gasteiger charge is 2.26. The van der Waals surface area contributed by atoms with E-state index < -0.39 is 0 Å². The maximum Gasteiger partial charge on any atom is 0.414 e. The number of carbonyl (C=O) groups excluding carboxylic acids is 1. The van der Waals surface area contributed by atoms with E-state index in [0.29, 0.717) is 19.2 Å². The van der Waals surface area contributed by atoms with E-state index in [4.69, 9.17) is 4.74 Å². The lowest BCUT2D eigenvalue weighted by atomic mass is 9.79. The second kappa shape index (κ2) is 5.96. The number of benzene rings is 1. The Bertz CT molecular complexity index is 517. The normalized spacial score (nSPS) is 29.3. The molecule has 3 rings (SSSR count). The van der Waals surface area contributed by atoms with Crippen LogP contribution in [0.25, 0.3) is 0 Å². The summed E-state index contributed by atoms with van der Waals surface area (Å²) in [4.78, 5) is 13.3. The van der Waals surface area contributed by atoms with Crippen LogP contribution in [0.1, 0.15) is 33.1 Å². The molecule has 2 aliphatic rings. The van der Waals surface area contributed by atoms with Crippen molar-refractivity contribution in [2.45, 2.75) is 39.2 Å². The van der Waals surface area contributed by atoms with Crippen LogP contribution < -0.4 is 10.2 Å². The minimum atomic E-state index is -0.243. The monoisotopic (exact) mass is 288 g/mol. The molecule has 0 spiro atoms. The van der Waals surface area contributed by atoms with Gasteiger partial charge in [-0.25, -0.2) is 4.79 Å². The van der Waals surface area contributed by atoms with Gasteiger partial charge in [-0.15, -0.1) is 0 Å². The molecule has 1 aromatic rings. The largest absolute Gasteiger partial charge is 0.447 e. The zero-order valence-corrected chi connectivity index (χ0v) is 12.8. The van der Waals surface area contributed by atoms with Gasteiger partial charge in [0, 0.05) is 17.4 Å². The predicted molar refractivity (Wildman–Crippen MR) is 84.7 cm³/mol. The average Bonchev–Trinajstić information content (AvgIpc) is 2.89. The molecule has 1 heterocycles. The molecule has 1 aliphatic heterocycles. The van der Waals surface area contributed by atoms with E-state index in [9.17, 15) is 4.79 Å². The summed E-state index contributed by atoms with van der Waals surface area (Å²) in [6.07, 6.45) is 3.49. The van der Waals surface area contributed by atoms with E-state index in [1.807, 2.05) is 12.1 Å². The molecular weight excluding hydrogens is 264 g/mol. The molecule has 0 radical (unpaired) electrons. The first kappa shape index (κ1) is 14.2. The molecule has 2 fully saturated rings. The minimum absolute atomic E-state index is 0.243. The Morgan fingerprint density at radius 3 is 2.81 bits per heavy atom. The lowest BCUT2D eigenvalue weighted by Crippen LogP contribution is -2.30. The van der Waals surface area contributed by atoms with E-state index in [1.165, 1.54) is 19.3 Å². The Kier molecular flexibility index (Phi) is 4.04. The van der Waals surface area contributed by atoms with Crippen LogP contribution in [0, 0.1) is 11.8 Å². The van der Waals surface area contributed by atoms with E-state index in [2.05, 4.69) is 31.3 Å². The molecule has 1 aliphatic carbocycles. The summed E-state index contributed by atoms with van der Waals surface area (Å²) in [6.45, 7) is 5.81. The number of anilines is 2. The Hall–Kier alpha value is -1.71. The number of nitrogens with one attached hydrogen (secondary N) is 1. The molecule has 1 N–H and O–H groups in total. The van der Waals surface area contributed by atoms with Crippen LogP contribution >= 0.6 is 0 Å². The number of rotatable bonds is 3. The third-order valence-corrected chi connectivity index (χ3v) is 4.89. The predicted octanol–water partition coefficient (Wildman–Crippen LogP) is 3.88. The summed E-state index contributed by atoms with van der Waals surface area (Å²) in [5.41, 5.74) is 2.01. The summed E-state index contributed by atoms with van der Waals surface area (Å²) in [6, 6.07) is 8.63. The van der Waals surface area contributed by atoms with Gasteiger partial charge in [-0.2, -0.15) is 0 Å². The van der Waals surface area contributed by atoms with Crippen molar-refractivity contribution in [3.63, 3.8) is 0 Å². The Morgan fingerprint density at radius 1 is 1.24 bits per heavy atom. The van der Waals surface area contributed by atoms with Crippen molar-refractivity contribution >= 4 is 17.5 Å². The van der Waals surface area contributed by atoms with Gasteiger partial charge in [-0.3, -0.25) is 4.90 Å². The van der Waals surface area contributed by atoms with Crippen LogP contribution in [0.5, 0.6) is 0 Å². The van der Waals surface area contributed by atoms with Crippen molar-refractivity contribution in [3.05, 3.63) is 24.3 Å². The molecule has 4 heteroatoms. The molecule has 1 amide bonds. The van der Waals surface area contributed by atoms with Crippen molar-refractivity contribution < 1.29 is 9.53 Å². The molecular formula is C17H24N2O2. The number of ether oxygens (including phenoxy) is 1. The highest BCUT2D eigenvalue weighted by Crippen LogP contribution is 2.31. The summed E-state index contributed by atoms with van der Waals surface area (Å²) in [7, 11) is 0. The van der Waals surface area contributed by atoms with E-state index in [-0.39, 0.29) is 6.09 Å². The second-order valence-electron chi connectivity index (χ2n) is 6.43. The quantitative estimate of drug-likeness (QED) is 0.917. The van der Waals surface area contributed by atoms with Gasteiger partial charge < -0.3 is 10.1 Å². The summed E-state index contributed by atoms with van der Waals surface area (Å²) in [5.74, 6) is 1.60. The average molecular weight is 288 g/mol. The fraction of sp³-hybridized carbons (Fsp3) is 0.588. The first-order valence-corrected chi connectivity index (χ1v) is 7.94.